The van der Waals surface area contributed by atoms with Gasteiger partial charge in [0.15, 0.2) is 5.78 Å². The Kier molecular flexibility index (Phi) is 6.84. The molecule has 0 spiro atoms. The molecule has 116 valence electrons. The second-order valence-electron chi connectivity index (χ2n) is 4.87. The molecule has 1 aromatic carbocycles. The van der Waals surface area contributed by atoms with Crippen molar-refractivity contribution in [2.75, 3.05) is 33.9 Å². The fraction of sp³-hybridized carbons (Fsp3) is 0.467. The van der Waals surface area contributed by atoms with Gasteiger partial charge < -0.3 is 19.8 Å². The van der Waals surface area contributed by atoms with Crippen LogP contribution in [0.4, 0.5) is 0 Å². The number of nitrogens with zero attached hydrogens (tertiary/aromatic N) is 1. The van der Waals surface area contributed by atoms with Crippen LogP contribution in [-0.2, 0) is 4.79 Å². The monoisotopic (exact) mass is 295 g/mol. The number of aliphatic hydroxyl groups excluding tert-OH is 1. The second-order valence-corrected chi connectivity index (χ2v) is 4.87. The van der Waals surface area contributed by atoms with Crippen molar-refractivity contribution in [2.24, 2.45) is 5.92 Å². The zero-order valence-corrected chi connectivity index (χ0v) is 12.3. The topological polar surface area (TPSA) is 87.1 Å². The molecule has 21 heavy (non-hydrogen) atoms. The average molecular weight is 295 g/mol. The lowest BCUT2D eigenvalue weighted by Crippen LogP contribution is -2.33. The number of methoxy groups -OCH3 is 1. The van der Waals surface area contributed by atoms with Gasteiger partial charge in [0, 0.05) is 24.6 Å². The van der Waals surface area contributed by atoms with Gasteiger partial charge >= 0.3 is 5.97 Å². The van der Waals surface area contributed by atoms with Crippen LogP contribution in [0.5, 0.6) is 5.75 Å². The van der Waals surface area contributed by atoms with E-state index >= 15 is 0 Å². The van der Waals surface area contributed by atoms with Gasteiger partial charge in [-0.1, -0.05) is 0 Å². The van der Waals surface area contributed by atoms with Crippen molar-refractivity contribution in [3.63, 3.8) is 0 Å². The van der Waals surface area contributed by atoms with Gasteiger partial charge in [0.2, 0.25) is 0 Å². The Morgan fingerprint density at radius 1 is 1.29 bits per heavy atom. The molecular weight excluding hydrogens is 274 g/mol. The number of rotatable bonds is 9. The molecule has 1 atom stereocenters. The fourth-order valence-corrected chi connectivity index (χ4v) is 2.08. The summed E-state index contributed by atoms with van der Waals surface area (Å²) < 4.78 is 5.03. The minimum Gasteiger partial charge on any atom is -0.497 e. The summed E-state index contributed by atoms with van der Waals surface area (Å²) in [6.45, 7) is 0.650. The van der Waals surface area contributed by atoms with Gasteiger partial charge in [0.25, 0.3) is 0 Å². The fourth-order valence-electron chi connectivity index (χ4n) is 2.08. The Morgan fingerprint density at radius 3 is 2.38 bits per heavy atom. The quantitative estimate of drug-likeness (QED) is 0.658. The number of likely N-dealkylation sites (N-methyl/N-ethyl adjacent to an activating group) is 1. The van der Waals surface area contributed by atoms with Crippen LogP contribution in [0.1, 0.15) is 16.8 Å². The molecule has 0 bridgehead atoms. The summed E-state index contributed by atoms with van der Waals surface area (Å²) in [6, 6.07) is 6.59. The third-order valence-corrected chi connectivity index (χ3v) is 3.18. The average Bonchev–Trinajstić information content (AvgIpc) is 2.45. The molecule has 1 rings (SSSR count). The molecule has 2 N–H and O–H groups in total. The Hall–Kier alpha value is -1.92. The highest BCUT2D eigenvalue weighted by molar-refractivity contribution is 5.99. The van der Waals surface area contributed by atoms with E-state index in [2.05, 4.69) is 0 Å². The summed E-state index contributed by atoms with van der Waals surface area (Å²) >= 11 is 0. The normalized spacial score (nSPS) is 12.2. The van der Waals surface area contributed by atoms with E-state index in [0.717, 1.165) is 0 Å². The minimum atomic E-state index is -1.01. The number of aliphatic carboxylic acids is 1. The molecule has 0 aromatic heterocycles. The lowest BCUT2D eigenvalue weighted by atomic mass is 9.94. The molecule has 0 aliphatic heterocycles. The van der Waals surface area contributed by atoms with E-state index in [9.17, 15) is 9.59 Å². The third-order valence-electron chi connectivity index (χ3n) is 3.18. The van der Waals surface area contributed by atoms with Crippen LogP contribution in [0.2, 0.25) is 0 Å². The maximum Gasteiger partial charge on any atom is 0.304 e. The van der Waals surface area contributed by atoms with Crippen molar-refractivity contribution in [1.82, 2.24) is 4.90 Å². The van der Waals surface area contributed by atoms with Gasteiger partial charge in [-0.2, -0.15) is 0 Å². The molecular formula is C15H21NO5. The van der Waals surface area contributed by atoms with Crippen molar-refractivity contribution >= 4 is 11.8 Å². The van der Waals surface area contributed by atoms with Gasteiger partial charge in [0.1, 0.15) is 5.75 Å². The number of hydrogen-bond donors (Lipinski definition) is 2. The van der Waals surface area contributed by atoms with Crippen LogP contribution in [-0.4, -0.2) is 60.7 Å². The summed E-state index contributed by atoms with van der Waals surface area (Å²) in [5.74, 6) is -1.24. The highest BCUT2D eigenvalue weighted by Gasteiger charge is 2.24. The number of carboxylic acids is 1. The molecule has 1 aromatic rings. The van der Waals surface area contributed by atoms with Crippen LogP contribution < -0.4 is 4.74 Å². The Balaban J connectivity index is 2.84. The molecule has 0 aliphatic rings. The van der Waals surface area contributed by atoms with Crippen LogP contribution in [0.3, 0.4) is 0 Å². The Labute approximate surface area is 124 Å². The maximum atomic E-state index is 12.4. The number of carbonyl (C=O) groups is 2. The van der Waals surface area contributed by atoms with Gasteiger partial charge in [-0.3, -0.25) is 9.59 Å². The van der Waals surface area contributed by atoms with E-state index in [1.165, 1.54) is 7.11 Å². The zero-order valence-electron chi connectivity index (χ0n) is 12.3. The van der Waals surface area contributed by atoms with E-state index in [-0.39, 0.29) is 25.4 Å². The molecule has 0 fully saturated rings. The molecule has 0 aliphatic carbocycles. The van der Waals surface area contributed by atoms with Gasteiger partial charge in [0.05, 0.1) is 20.1 Å². The first kappa shape index (κ1) is 17.1. The molecule has 6 heteroatoms. The highest BCUT2D eigenvalue weighted by atomic mass is 16.5. The van der Waals surface area contributed by atoms with Crippen molar-refractivity contribution < 1.29 is 24.5 Å². The van der Waals surface area contributed by atoms with E-state index in [1.54, 1.807) is 36.2 Å². The maximum absolute atomic E-state index is 12.4. The van der Waals surface area contributed by atoms with Crippen LogP contribution >= 0.6 is 0 Å². The Bertz CT molecular complexity index is 471. The molecule has 1 unspecified atom stereocenters. The van der Waals surface area contributed by atoms with Gasteiger partial charge in [-0.25, -0.2) is 0 Å². The summed E-state index contributed by atoms with van der Waals surface area (Å²) in [5, 5.41) is 17.9. The van der Waals surface area contributed by atoms with Crippen LogP contribution in [0, 0.1) is 5.92 Å². The van der Waals surface area contributed by atoms with E-state index in [0.29, 0.717) is 17.9 Å². The highest BCUT2D eigenvalue weighted by Crippen LogP contribution is 2.17. The third kappa shape index (κ3) is 5.53. The first-order chi connectivity index (χ1) is 9.97. The summed E-state index contributed by atoms with van der Waals surface area (Å²) in [7, 11) is 3.28. The molecule has 0 amide bonds. The van der Waals surface area contributed by atoms with Crippen molar-refractivity contribution in [1.29, 1.82) is 0 Å². The van der Waals surface area contributed by atoms with Gasteiger partial charge in [-0.15, -0.1) is 0 Å². The van der Waals surface area contributed by atoms with Crippen molar-refractivity contribution in [2.45, 2.75) is 6.42 Å². The molecule has 0 saturated carbocycles. The number of aliphatic hydroxyl groups is 1. The lowest BCUT2D eigenvalue weighted by Gasteiger charge is -2.21. The smallest absolute Gasteiger partial charge is 0.304 e. The van der Waals surface area contributed by atoms with E-state index in [1.807, 2.05) is 0 Å². The van der Waals surface area contributed by atoms with E-state index < -0.39 is 11.9 Å². The molecule has 0 radical (unpaired) electrons. The summed E-state index contributed by atoms with van der Waals surface area (Å²) in [4.78, 5) is 25.1. The van der Waals surface area contributed by atoms with E-state index in [4.69, 9.17) is 14.9 Å². The summed E-state index contributed by atoms with van der Waals surface area (Å²) in [6.07, 6.45) is -0.235. The molecule has 0 saturated heterocycles. The first-order valence-corrected chi connectivity index (χ1v) is 6.67. The van der Waals surface area contributed by atoms with Crippen LogP contribution in [0.15, 0.2) is 24.3 Å². The molecule has 0 heterocycles. The number of carbonyl (C=O) groups excluding carboxylic acids is 1. The van der Waals surface area contributed by atoms with Crippen molar-refractivity contribution in [3.8, 4) is 5.75 Å². The van der Waals surface area contributed by atoms with Crippen molar-refractivity contribution in [3.05, 3.63) is 29.8 Å². The number of ketones is 1. The largest absolute Gasteiger partial charge is 0.497 e. The first-order valence-electron chi connectivity index (χ1n) is 6.67. The number of Topliss-reactive ketones (excluding diaryl/α,β-unsaturated/α-hetero) is 1. The zero-order chi connectivity index (χ0) is 15.8. The second kappa shape index (κ2) is 8.39. The van der Waals surface area contributed by atoms with Gasteiger partial charge in [-0.05, 0) is 31.3 Å². The number of ether oxygens (including phenoxy) is 1. The summed E-state index contributed by atoms with van der Waals surface area (Å²) in [5.41, 5.74) is 0.458. The number of hydrogen-bond acceptors (Lipinski definition) is 5. The van der Waals surface area contributed by atoms with Crippen LogP contribution in [0.25, 0.3) is 0 Å². The predicted molar refractivity (Wildman–Crippen MR) is 77.7 cm³/mol. The number of carboxylic acid groups (broad SMARTS) is 1. The standard InChI is InChI=1S/C15H21NO5/c1-16(7-8-17)10-12(9-14(18)19)15(20)11-3-5-13(21-2)6-4-11/h3-6,12,17H,7-10H2,1-2H3,(H,18,19). The predicted octanol–water partition coefficient (Wildman–Crippen LogP) is 0.893. The SMILES string of the molecule is COc1ccc(C(=O)C(CC(=O)O)CN(C)CCO)cc1. The lowest BCUT2D eigenvalue weighted by molar-refractivity contribution is -0.137. The molecule has 6 nitrogen and oxygen atoms in total. The minimum absolute atomic E-state index is 0.0347. The number of benzene rings is 1. The Morgan fingerprint density at radius 2 is 1.90 bits per heavy atom.